The third-order valence-electron chi connectivity index (χ3n) is 3.36. The molecule has 0 saturated heterocycles. The summed E-state index contributed by atoms with van der Waals surface area (Å²) >= 11 is 1.46. The number of hydrogen-bond donors (Lipinski definition) is 1. The Balaban J connectivity index is 2.19. The van der Waals surface area contributed by atoms with Gasteiger partial charge in [-0.3, -0.25) is 4.79 Å². The van der Waals surface area contributed by atoms with Crippen LogP contribution in [-0.2, 0) is 10.2 Å². The minimum absolute atomic E-state index is 0.466. The van der Waals surface area contributed by atoms with Gasteiger partial charge >= 0.3 is 5.97 Å². The van der Waals surface area contributed by atoms with E-state index >= 15 is 0 Å². The van der Waals surface area contributed by atoms with Crippen LogP contribution in [0, 0.1) is 11.3 Å². The molecule has 0 radical (unpaired) electrons. The number of carbonyl (C=O) groups is 1. The summed E-state index contributed by atoms with van der Waals surface area (Å²) in [6, 6.07) is 2.62. The number of carboxylic acids is 1. The second-order valence-electron chi connectivity index (χ2n) is 5.28. The van der Waals surface area contributed by atoms with Gasteiger partial charge in [0.25, 0.3) is 0 Å². The van der Waals surface area contributed by atoms with Crippen molar-refractivity contribution in [1.29, 1.82) is 5.26 Å². The summed E-state index contributed by atoms with van der Waals surface area (Å²) in [7, 11) is 0. The second-order valence-corrected chi connectivity index (χ2v) is 6.11. The van der Waals surface area contributed by atoms with Gasteiger partial charge in [0, 0.05) is 18.0 Å². The molecule has 0 aliphatic heterocycles. The van der Waals surface area contributed by atoms with Crippen LogP contribution in [0.2, 0.25) is 0 Å². The van der Waals surface area contributed by atoms with E-state index in [0.717, 1.165) is 18.0 Å². The van der Waals surface area contributed by atoms with Crippen LogP contribution in [0.4, 0.5) is 5.13 Å². The van der Waals surface area contributed by atoms with Crippen molar-refractivity contribution in [3.63, 3.8) is 0 Å². The highest BCUT2D eigenvalue weighted by Crippen LogP contribution is 2.35. The molecule has 0 aromatic carbocycles. The topological polar surface area (TPSA) is 77.2 Å². The Morgan fingerprint density at radius 2 is 2.37 bits per heavy atom. The molecule has 0 unspecified atom stereocenters. The lowest BCUT2D eigenvalue weighted by Gasteiger charge is -2.20. The zero-order valence-corrected chi connectivity index (χ0v) is 11.9. The summed E-state index contributed by atoms with van der Waals surface area (Å²) in [5.41, 5.74) is -0.387. The standard InChI is InChI=1S/C13H17N3O2S/c1-13(2,11(17)18)10-8-19-12(15-10)16(7-3-6-14)9-4-5-9/h8-9H,3-5,7H2,1-2H3,(H,17,18). The molecule has 1 aliphatic rings. The fraction of sp³-hybridized carbons (Fsp3) is 0.615. The summed E-state index contributed by atoms with van der Waals surface area (Å²) in [6.07, 6.45) is 2.72. The largest absolute Gasteiger partial charge is 0.481 e. The Bertz CT molecular complexity index is 514. The number of aromatic nitrogens is 1. The number of thiazole rings is 1. The van der Waals surface area contributed by atoms with E-state index in [4.69, 9.17) is 5.26 Å². The SMILES string of the molecule is CC(C)(C(=O)O)c1csc(N(CCC#N)C2CC2)n1. The summed E-state index contributed by atoms with van der Waals surface area (Å²) in [5.74, 6) is -0.876. The van der Waals surface area contributed by atoms with Crippen molar-refractivity contribution in [3.05, 3.63) is 11.1 Å². The summed E-state index contributed by atoms with van der Waals surface area (Å²) in [4.78, 5) is 17.8. The van der Waals surface area contributed by atoms with E-state index in [1.807, 2.05) is 5.38 Å². The number of nitriles is 1. The third kappa shape index (κ3) is 2.87. The Kier molecular flexibility index (Phi) is 3.76. The van der Waals surface area contributed by atoms with Gasteiger partial charge in [-0.05, 0) is 26.7 Å². The quantitative estimate of drug-likeness (QED) is 0.865. The van der Waals surface area contributed by atoms with Crippen LogP contribution in [0.15, 0.2) is 5.38 Å². The van der Waals surface area contributed by atoms with Crippen LogP contribution < -0.4 is 4.90 Å². The first-order chi connectivity index (χ1) is 8.96. The number of nitrogens with zero attached hydrogens (tertiary/aromatic N) is 3. The van der Waals surface area contributed by atoms with Crippen molar-refractivity contribution in [2.45, 2.75) is 44.6 Å². The Hall–Kier alpha value is -1.61. The fourth-order valence-electron chi connectivity index (χ4n) is 1.78. The first-order valence-electron chi connectivity index (χ1n) is 6.30. The molecule has 102 valence electrons. The lowest BCUT2D eigenvalue weighted by atomic mass is 9.90. The van der Waals surface area contributed by atoms with E-state index in [1.54, 1.807) is 13.8 Å². The molecule has 1 heterocycles. The van der Waals surface area contributed by atoms with Crippen LogP contribution in [0.3, 0.4) is 0 Å². The maximum absolute atomic E-state index is 11.2. The van der Waals surface area contributed by atoms with Crippen molar-refractivity contribution in [1.82, 2.24) is 4.98 Å². The zero-order chi connectivity index (χ0) is 14.0. The number of carboxylic acid groups (broad SMARTS) is 1. The van der Waals surface area contributed by atoms with Crippen molar-refractivity contribution in [2.75, 3.05) is 11.4 Å². The van der Waals surface area contributed by atoms with E-state index in [-0.39, 0.29) is 0 Å². The Labute approximate surface area is 116 Å². The molecule has 0 spiro atoms. The van der Waals surface area contributed by atoms with Crippen molar-refractivity contribution < 1.29 is 9.90 Å². The van der Waals surface area contributed by atoms with Crippen LogP contribution in [-0.4, -0.2) is 28.6 Å². The van der Waals surface area contributed by atoms with Crippen molar-refractivity contribution in [2.24, 2.45) is 0 Å². The molecular formula is C13H17N3O2S. The monoisotopic (exact) mass is 279 g/mol. The number of aliphatic carboxylic acids is 1. The lowest BCUT2D eigenvalue weighted by Crippen LogP contribution is -2.30. The molecule has 0 atom stereocenters. The molecule has 5 nitrogen and oxygen atoms in total. The highest BCUT2D eigenvalue weighted by molar-refractivity contribution is 7.13. The fourth-order valence-corrected chi connectivity index (χ4v) is 2.88. The predicted molar refractivity (Wildman–Crippen MR) is 73.4 cm³/mol. The third-order valence-corrected chi connectivity index (χ3v) is 4.24. The Morgan fingerprint density at radius 3 is 2.89 bits per heavy atom. The minimum Gasteiger partial charge on any atom is -0.481 e. The average Bonchev–Trinajstić information content (AvgIpc) is 3.06. The number of hydrogen-bond acceptors (Lipinski definition) is 5. The van der Waals surface area contributed by atoms with Crippen LogP contribution in [0.1, 0.15) is 38.8 Å². The Morgan fingerprint density at radius 1 is 1.68 bits per heavy atom. The minimum atomic E-state index is -0.973. The zero-order valence-electron chi connectivity index (χ0n) is 11.1. The molecule has 1 aromatic rings. The molecule has 0 amide bonds. The van der Waals surface area contributed by atoms with Crippen molar-refractivity contribution in [3.8, 4) is 6.07 Å². The van der Waals surface area contributed by atoms with Crippen LogP contribution in [0.5, 0.6) is 0 Å². The van der Waals surface area contributed by atoms with Gasteiger partial charge in [0.05, 0.1) is 18.2 Å². The normalized spacial score (nSPS) is 15.0. The number of rotatable bonds is 6. The van der Waals surface area contributed by atoms with Gasteiger partial charge in [0.15, 0.2) is 5.13 Å². The van der Waals surface area contributed by atoms with E-state index in [2.05, 4.69) is 16.0 Å². The van der Waals surface area contributed by atoms with E-state index in [1.165, 1.54) is 11.3 Å². The molecule has 19 heavy (non-hydrogen) atoms. The van der Waals surface area contributed by atoms with Gasteiger partial charge in [-0.25, -0.2) is 4.98 Å². The van der Waals surface area contributed by atoms with Gasteiger partial charge in [0.2, 0.25) is 0 Å². The lowest BCUT2D eigenvalue weighted by molar-refractivity contribution is -0.142. The first kappa shape index (κ1) is 13.8. The van der Waals surface area contributed by atoms with Gasteiger partial charge < -0.3 is 10.0 Å². The number of anilines is 1. The summed E-state index contributed by atoms with van der Waals surface area (Å²) in [5, 5.41) is 20.6. The second kappa shape index (κ2) is 5.17. The molecule has 1 aliphatic carbocycles. The first-order valence-corrected chi connectivity index (χ1v) is 7.17. The van der Waals surface area contributed by atoms with Gasteiger partial charge in [-0.1, -0.05) is 0 Å². The molecule has 1 saturated carbocycles. The van der Waals surface area contributed by atoms with Gasteiger partial charge in [-0.15, -0.1) is 11.3 Å². The maximum Gasteiger partial charge on any atom is 0.315 e. The van der Waals surface area contributed by atoms with E-state index < -0.39 is 11.4 Å². The van der Waals surface area contributed by atoms with Crippen LogP contribution >= 0.6 is 11.3 Å². The molecule has 1 N–H and O–H groups in total. The van der Waals surface area contributed by atoms with Gasteiger partial charge in [0.1, 0.15) is 5.41 Å². The summed E-state index contributed by atoms with van der Waals surface area (Å²) < 4.78 is 0. The molecular weight excluding hydrogens is 262 g/mol. The smallest absolute Gasteiger partial charge is 0.315 e. The molecule has 1 fully saturated rings. The molecule has 1 aromatic heterocycles. The molecule has 6 heteroatoms. The van der Waals surface area contributed by atoms with E-state index in [9.17, 15) is 9.90 Å². The predicted octanol–water partition coefficient (Wildman–Crippen LogP) is 2.39. The highest BCUT2D eigenvalue weighted by atomic mass is 32.1. The molecule has 2 rings (SSSR count). The average molecular weight is 279 g/mol. The maximum atomic E-state index is 11.2. The molecule has 0 bridgehead atoms. The van der Waals surface area contributed by atoms with E-state index in [0.29, 0.717) is 24.7 Å². The highest BCUT2D eigenvalue weighted by Gasteiger charge is 2.35. The van der Waals surface area contributed by atoms with Crippen LogP contribution in [0.25, 0.3) is 0 Å². The van der Waals surface area contributed by atoms with Crippen molar-refractivity contribution >= 4 is 22.4 Å². The summed E-state index contributed by atoms with van der Waals surface area (Å²) in [6.45, 7) is 3.98. The van der Waals surface area contributed by atoms with Gasteiger partial charge in [-0.2, -0.15) is 5.26 Å².